The minimum Gasteiger partial charge on any atom is -0.394 e. The van der Waals surface area contributed by atoms with Crippen LogP contribution >= 0.6 is 0 Å². The first-order valence-electron chi connectivity index (χ1n) is 9.08. The number of nitrogens with one attached hydrogen (secondary N) is 2. The number of Topliss-reactive ketones (excluding diaryl/α,β-unsaturated/α-hetero) is 1. The molecule has 1 aromatic carbocycles. The van der Waals surface area contributed by atoms with E-state index < -0.39 is 30.5 Å². The van der Waals surface area contributed by atoms with Crippen molar-refractivity contribution in [3.05, 3.63) is 35.9 Å². The molecule has 1 aliphatic carbocycles. The number of hydrogen-bond donors (Lipinski definition) is 3. The van der Waals surface area contributed by atoms with Crippen LogP contribution in [0.4, 0.5) is 0 Å². The average Bonchev–Trinajstić information content (AvgIpc) is 3.37. The Morgan fingerprint density at radius 2 is 1.69 bits per heavy atom. The van der Waals surface area contributed by atoms with Crippen LogP contribution in [-0.4, -0.2) is 41.4 Å². The number of carbonyl (C=O) groups excluding carboxylic acids is 3. The first kappa shape index (κ1) is 20.1. The van der Waals surface area contributed by atoms with Crippen LogP contribution in [0.25, 0.3) is 0 Å². The Morgan fingerprint density at radius 3 is 2.19 bits per heavy atom. The highest BCUT2D eigenvalue weighted by atomic mass is 16.3. The minimum absolute atomic E-state index is 0.0330. The molecular formula is C20H28N2O4. The Bertz CT molecular complexity index is 653. The number of aliphatic hydroxyl groups is 1. The molecule has 0 saturated heterocycles. The van der Waals surface area contributed by atoms with Gasteiger partial charge in [0, 0.05) is 11.0 Å². The molecule has 2 amide bonds. The fourth-order valence-electron chi connectivity index (χ4n) is 2.85. The summed E-state index contributed by atoms with van der Waals surface area (Å²) in [6.45, 7) is 5.35. The maximum Gasteiger partial charge on any atom is 0.251 e. The summed E-state index contributed by atoms with van der Waals surface area (Å²) in [5, 5.41) is 14.8. The van der Waals surface area contributed by atoms with Crippen LogP contribution in [0.5, 0.6) is 0 Å². The van der Waals surface area contributed by atoms with Gasteiger partial charge in [-0.3, -0.25) is 14.4 Å². The lowest BCUT2D eigenvalue weighted by atomic mass is 9.91. The second kappa shape index (κ2) is 8.45. The number of amides is 2. The molecule has 0 aliphatic heterocycles. The summed E-state index contributed by atoms with van der Waals surface area (Å²) in [6, 6.07) is 6.78. The maximum absolute atomic E-state index is 12.7. The Balaban J connectivity index is 2.03. The lowest BCUT2D eigenvalue weighted by molar-refractivity contribution is -0.132. The lowest BCUT2D eigenvalue weighted by Crippen LogP contribution is -2.54. The Kier molecular flexibility index (Phi) is 6.53. The van der Waals surface area contributed by atoms with Crippen LogP contribution in [0, 0.1) is 11.3 Å². The summed E-state index contributed by atoms with van der Waals surface area (Å²) in [6.07, 6.45) is 2.21. The van der Waals surface area contributed by atoms with Crippen molar-refractivity contribution in [2.24, 2.45) is 11.3 Å². The zero-order valence-corrected chi connectivity index (χ0v) is 15.6. The quantitative estimate of drug-likeness (QED) is 0.624. The second-order valence-electron chi connectivity index (χ2n) is 7.69. The average molecular weight is 360 g/mol. The topological polar surface area (TPSA) is 95.5 Å². The van der Waals surface area contributed by atoms with E-state index in [1.165, 1.54) is 0 Å². The molecule has 142 valence electrons. The van der Waals surface area contributed by atoms with Gasteiger partial charge in [-0.05, 0) is 37.3 Å². The van der Waals surface area contributed by atoms with Gasteiger partial charge in [-0.25, -0.2) is 0 Å². The van der Waals surface area contributed by atoms with E-state index in [-0.39, 0.29) is 17.1 Å². The number of benzene rings is 1. The molecule has 0 heterocycles. The molecule has 0 spiro atoms. The molecule has 6 heteroatoms. The first-order valence-corrected chi connectivity index (χ1v) is 9.08. The molecule has 6 nitrogen and oxygen atoms in total. The van der Waals surface area contributed by atoms with Gasteiger partial charge in [0.15, 0.2) is 5.78 Å². The summed E-state index contributed by atoms with van der Waals surface area (Å²) >= 11 is 0. The van der Waals surface area contributed by atoms with E-state index in [0.29, 0.717) is 12.0 Å². The van der Waals surface area contributed by atoms with Gasteiger partial charge < -0.3 is 15.7 Å². The highest BCUT2D eigenvalue weighted by Gasteiger charge is 2.47. The highest BCUT2D eigenvalue weighted by Crippen LogP contribution is 2.47. The van der Waals surface area contributed by atoms with Gasteiger partial charge in [0.05, 0.1) is 12.6 Å². The fourth-order valence-corrected chi connectivity index (χ4v) is 2.85. The van der Waals surface area contributed by atoms with Crippen LogP contribution in [0.3, 0.4) is 0 Å². The third-order valence-electron chi connectivity index (χ3n) is 4.78. The van der Waals surface area contributed by atoms with Crippen LogP contribution in [0.1, 0.15) is 50.4 Å². The fraction of sp³-hybridized carbons (Fsp3) is 0.550. The number of aliphatic hydroxyl groups excluding tert-OH is 1. The second-order valence-corrected chi connectivity index (χ2v) is 7.69. The minimum atomic E-state index is -1.10. The monoisotopic (exact) mass is 360 g/mol. The summed E-state index contributed by atoms with van der Waals surface area (Å²) in [5.41, 5.74) is 0.0495. The first-order chi connectivity index (χ1) is 12.3. The van der Waals surface area contributed by atoms with Crippen molar-refractivity contribution in [1.82, 2.24) is 10.6 Å². The van der Waals surface area contributed by atoms with E-state index in [0.717, 1.165) is 12.8 Å². The summed E-state index contributed by atoms with van der Waals surface area (Å²) in [7, 11) is 0. The van der Waals surface area contributed by atoms with E-state index in [9.17, 15) is 19.5 Å². The van der Waals surface area contributed by atoms with Crippen molar-refractivity contribution >= 4 is 17.6 Å². The molecule has 2 rings (SSSR count). The summed E-state index contributed by atoms with van der Waals surface area (Å²) in [4.78, 5) is 37.5. The van der Waals surface area contributed by atoms with E-state index in [2.05, 4.69) is 10.6 Å². The Labute approximate surface area is 154 Å². The van der Waals surface area contributed by atoms with Gasteiger partial charge in [-0.1, -0.05) is 39.0 Å². The number of carbonyl (C=O) groups is 3. The van der Waals surface area contributed by atoms with Gasteiger partial charge in [0.25, 0.3) is 5.91 Å². The van der Waals surface area contributed by atoms with E-state index in [1.807, 2.05) is 20.8 Å². The molecule has 0 aromatic heterocycles. The lowest BCUT2D eigenvalue weighted by Gasteiger charge is -2.25. The molecule has 0 unspecified atom stereocenters. The van der Waals surface area contributed by atoms with Gasteiger partial charge in [-0.15, -0.1) is 0 Å². The third kappa shape index (κ3) is 5.14. The zero-order valence-electron chi connectivity index (χ0n) is 15.6. The summed E-state index contributed by atoms with van der Waals surface area (Å²) in [5.74, 6) is -0.718. The molecule has 1 aromatic rings. The predicted octanol–water partition coefficient (Wildman–Crippen LogP) is 1.68. The van der Waals surface area contributed by atoms with Crippen LogP contribution < -0.4 is 10.6 Å². The smallest absolute Gasteiger partial charge is 0.251 e. The van der Waals surface area contributed by atoms with Crippen molar-refractivity contribution < 1.29 is 19.5 Å². The maximum atomic E-state index is 12.7. The van der Waals surface area contributed by atoms with Crippen LogP contribution in [0.2, 0.25) is 0 Å². The third-order valence-corrected chi connectivity index (χ3v) is 4.78. The van der Waals surface area contributed by atoms with E-state index >= 15 is 0 Å². The van der Waals surface area contributed by atoms with Crippen molar-refractivity contribution in [3.8, 4) is 0 Å². The van der Waals surface area contributed by atoms with Gasteiger partial charge in [0.2, 0.25) is 5.91 Å². The number of ketones is 1. The van der Waals surface area contributed by atoms with Crippen molar-refractivity contribution in [2.75, 3.05) is 6.61 Å². The SMILES string of the molecule is CC(C)C[C@H](NC(=O)[C@H](CO)NC(=O)c1ccccc1)C(=O)C1(C)CC1. The zero-order chi connectivity index (χ0) is 19.3. The van der Waals surface area contributed by atoms with Gasteiger partial charge in [-0.2, -0.15) is 0 Å². The van der Waals surface area contributed by atoms with Crippen molar-refractivity contribution in [1.29, 1.82) is 0 Å². The van der Waals surface area contributed by atoms with Crippen LogP contribution in [0.15, 0.2) is 30.3 Å². The molecule has 26 heavy (non-hydrogen) atoms. The van der Waals surface area contributed by atoms with E-state index in [4.69, 9.17) is 0 Å². The molecule has 3 N–H and O–H groups in total. The van der Waals surface area contributed by atoms with Crippen molar-refractivity contribution in [3.63, 3.8) is 0 Å². The largest absolute Gasteiger partial charge is 0.394 e. The number of hydrogen-bond acceptors (Lipinski definition) is 4. The van der Waals surface area contributed by atoms with E-state index in [1.54, 1.807) is 30.3 Å². The van der Waals surface area contributed by atoms with Gasteiger partial charge >= 0.3 is 0 Å². The van der Waals surface area contributed by atoms with Crippen molar-refractivity contribution in [2.45, 2.75) is 52.1 Å². The predicted molar refractivity (Wildman–Crippen MR) is 98.5 cm³/mol. The Morgan fingerprint density at radius 1 is 1.08 bits per heavy atom. The summed E-state index contributed by atoms with van der Waals surface area (Å²) < 4.78 is 0. The highest BCUT2D eigenvalue weighted by molar-refractivity contribution is 5.99. The van der Waals surface area contributed by atoms with Crippen LogP contribution in [-0.2, 0) is 9.59 Å². The molecular weight excluding hydrogens is 332 g/mol. The number of rotatable bonds is 9. The normalized spacial score (nSPS) is 17.3. The standard InChI is InChI=1S/C20H28N2O4/c1-13(2)11-15(17(24)20(3)9-10-20)21-19(26)16(12-23)22-18(25)14-7-5-4-6-8-14/h4-8,13,15-16,23H,9-12H2,1-3H3,(H,21,26)(H,22,25)/t15-,16-/m0/s1. The molecule has 2 atom stereocenters. The molecule has 1 aliphatic rings. The molecule has 0 bridgehead atoms. The molecule has 0 radical (unpaired) electrons. The Hall–Kier alpha value is -2.21. The van der Waals surface area contributed by atoms with Gasteiger partial charge in [0.1, 0.15) is 6.04 Å². The molecule has 1 saturated carbocycles. The molecule has 1 fully saturated rings.